The van der Waals surface area contributed by atoms with Gasteiger partial charge in [-0.1, -0.05) is 0 Å². The maximum absolute atomic E-state index is 11.0. The highest BCUT2D eigenvalue weighted by molar-refractivity contribution is 6.28. The van der Waals surface area contributed by atoms with E-state index in [1.54, 1.807) is 0 Å². The van der Waals surface area contributed by atoms with Gasteiger partial charge >= 0.3 is 11.7 Å². The minimum atomic E-state index is -1.58. The summed E-state index contributed by atoms with van der Waals surface area (Å²) in [5.74, 6) is -1.58. The van der Waals surface area contributed by atoms with Gasteiger partial charge < -0.3 is 10.3 Å². The van der Waals surface area contributed by atoms with Gasteiger partial charge in [-0.15, -0.1) is 4.73 Å². The summed E-state index contributed by atoms with van der Waals surface area (Å²) in [6, 6.07) is 1.42. The molecule has 7 nitrogen and oxygen atoms in total. The molecular weight excluding hydrogens is 216 g/mol. The number of nitrogens with zero attached hydrogens (tertiary/aromatic N) is 2. The quantitative estimate of drug-likeness (QED) is 0.257. The summed E-state index contributed by atoms with van der Waals surface area (Å²) in [4.78, 5) is 19.9. The Morgan fingerprint density at radius 3 is 2.57 bits per heavy atom. The van der Waals surface area contributed by atoms with E-state index in [1.807, 2.05) is 0 Å². The predicted octanol–water partition coefficient (Wildman–Crippen LogP) is 0.580. The molecule has 1 heterocycles. The van der Waals surface area contributed by atoms with Crippen LogP contribution in [-0.4, -0.2) is 16.0 Å². The molecule has 1 aromatic rings. The van der Waals surface area contributed by atoms with Crippen LogP contribution in [0.2, 0.25) is 5.15 Å². The lowest BCUT2D eigenvalue weighted by atomic mass is 10.3. The van der Waals surface area contributed by atoms with Crippen LogP contribution in [0.1, 0.15) is 10.5 Å². The van der Waals surface area contributed by atoms with Crippen LogP contribution in [0.25, 0.3) is 0 Å². The molecule has 0 fully saturated rings. The van der Waals surface area contributed by atoms with Crippen molar-refractivity contribution in [2.45, 2.75) is 0 Å². The molecule has 0 saturated carbocycles. The zero-order valence-corrected chi connectivity index (χ0v) is 7.26. The number of halogens is 1. The molecule has 0 bridgehead atoms. The molecule has 0 aliphatic rings. The molecule has 0 aliphatic carbocycles. The second-order valence-corrected chi connectivity index (χ2v) is 2.67. The zero-order chi connectivity index (χ0) is 10.9. The first-order valence-electron chi connectivity index (χ1n) is 3.24. The summed E-state index contributed by atoms with van der Waals surface area (Å²) in [7, 11) is 0. The van der Waals surface area contributed by atoms with Crippen LogP contribution in [0.3, 0.4) is 0 Å². The highest BCUT2D eigenvalue weighted by Gasteiger charge is 2.23. The number of aromatic nitrogens is 1. The molecule has 0 radical (unpaired) electrons. The fraction of sp³-hybridized carbons (Fsp3) is 0. The fourth-order valence-corrected chi connectivity index (χ4v) is 0.993. The minimum absolute atomic E-state index is 0.100. The maximum atomic E-state index is 11.0. The van der Waals surface area contributed by atoms with Crippen LogP contribution in [0.5, 0.6) is 0 Å². The lowest BCUT2D eigenvalue weighted by Crippen LogP contribution is -2.35. The van der Waals surface area contributed by atoms with Gasteiger partial charge in [-0.25, -0.2) is 4.79 Å². The Labute approximate surface area is 81.9 Å². The third-order valence-corrected chi connectivity index (χ3v) is 1.66. The standard InChI is InChI=1S/C6H3ClN2O5/c7-5-2-3(9(13)14)1-4(6(10)11)8(5)12/h1-2H,(H,10,11). The Morgan fingerprint density at radius 1 is 1.57 bits per heavy atom. The van der Waals surface area contributed by atoms with Crippen molar-refractivity contribution in [2.24, 2.45) is 0 Å². The van der Waals surface area contributed by atoms with Crippen LogP contribution in [0.15, 0.2) is 12.1 Å². The Morgan fingerprint density at radius 2 is 2.14 bits per heavy atom. The van der Waals surface area contributed by atoms with Gasteiger partial charge in [-0.05, 0) is 11.6 Å². The van der Waals surface area contributed by atoms with E-state index in [-0.39, 0.29) is 4.73 Å². The molecule has 0 saturated heterocycles. The van der Waals surface area contributed by atoms with Gasteiger partial charge in [0, 0.05) is 0 Å². The average Bonchev–Trinajstić information content (AvgIpc) is 2.08. The molecule has 0 amide bonds. The number of nitro groups is 1. The first kappa shape index (κ1) is 10.2. The molecular formula is C6H3ClN2O5. The number of hydrogen-bond donors (Lipinski definition) is 1. The highest BCUT2D eigenvalue weighted by Crippen LogP contribution is 2.15. The predicted molar refractivity (Wildman–Crippen MR) is 44.0 cm³/mol. The molecule has 0 spiro atoms. The van der Waals surface area contributed by atoms with Gasteiger partial charge in [0.25, 0.3) is 10.8 Å². The molecule has 0 unspecified atom stereocenters. The zero-order valence-electron chi connectivity index (χ0n) is 6.51. The Kier molecular flexibility index (Phi) is 2.52. The lowest BCUT2D eigenvalue weighted by molar-refractivity contribution is -0.606. The van der Waals surface area contributed by atoms with Crippen LogP contribution in [0.4, 0.5) is 5.69 Å². The van der Waals surface area contributed by atoms with Gasteiger partial charge in [0.2, 0.25) is 0 Å². The van der Waals surface area contributed by atoms with Crippen molar-refractivity contribution in [1.82, 2.24) is 0 Å². The van der Waals surface area contributed by atoms with E-state index < -0.39 is 27.4 Å². The molecule has 1 N–H and O–H groups in total. The van der Waals surface area contributed by atoms with Crippen molar-refractivity contribution >= 4 is 23.3 Å². The fourth-order valence-electron chi connectivity index (χ4n) is 0.790. The van der Waals surface area contributed by atoms with Crippen LogP contribution < -0.4 is 4.73 Å². The molecule has 1 rings (SSSR count). The normalized spacial score (nSPS) is 9.79. The van der Waals surface area contributed by atoms with Crippen LogP contribution in [0, 0.1) is 15.3 Å². The summed E-state index contributed by atoms with van der Waals surface area (Å²) in [5.41, 5.74) is -1.33. The van der Waals surface area contributed by atoms with E-state index in [0.717, 1.165) is 6.07 Å². The number of pyridine rings is 1. The van der Waals surface area contributed by atoms with Crippen molar-refractivity contribution in [1.29, 1.82) is 0 Å². The molecule has 14 heavy (non-hydrogen) atoms. The summed E-state index contributed by atoms with van der Waals surface area (Å²) in [5, 5.41) is 29.2. The topological polar surface area (TPSA) is 107 Å². The van der Waals surface area contributed by atoms with Crippen LogP contribution >= 0.6 is 11.6 Å². The Hall–Kier alpha value is -1.89. The van der Waals surface area contributed by atoms with Crippen molar-refractivity contribution in [2.75, 3.05) is 0 Å². The Bertz CT molecular complexity index is 419. The summed E-state index contributed by atoms with van der Waals surface area (Å²) >= 11 is 5.29. The lowest BCUT2D eigenvalue weighted by Gasteiger charge is -2.01. The number of carbonyl (C=O) groups is 1. The summed E-state index contributed by atoms with van der Waals surface area (Å²) < 4.78 is -0.100. The van der Waals surface area contributed by atoms with Gasteiger partial charge in [0.15, 0.2) is 0 Å². The summed E-state index contributed by atoms with van der Waals surface area (Å²) in [6.07, 6.45) is 0. The van der Waals surface area contributed by atoms with E-state index in [4.69, 9.17) is 16.7 Å². The molecule has 0 aromatic carbocycles. The smallest absolute Gasteiger partial charge is 0.402 e. The van der Waals surface area contributed by atoms with E-state index in [1.165, 1.54) is 0 Å². The summed E-state index contributed by atoms with van der Waals surface area (Å²) in [6.45, 7) is 0. The van der Waals surface area contributed by atoms with Gasteiger partial charge in [0.05, 0.1) is 11.0 Å². The number of carboxylic acid groups (broad SMARTS) is 1. The highest BCUT2D eigenvalue weighted by atomic mass is 35.5. The number of carboxylic acids is 1. The van der Waals surface area contributed by atoms with Crippen molar-refractivity contribution in [3.8, 4) is 0 Å². The third-order valence-electron chi connectivity index (χ3n) is 1.39. The monoisotopic (exact) mass is 218 g/mol. The number of hydrogen-bond acceptors (Lipinski definition) is 4. The maximum Gasteiger partial charge on any atom is 0.402 e. The molecule has 1 aromatic heterocycles. The van der Waals surface area contributed by atoms with Gasteiger partial charge in [0.1, 0.15) is 6.07 Å². The number of aromatic carboxylic acids is 1. The van der Waals surface area contributed by atoms with E-state index in [0.29, 0.717) is 6.07 Å². The molecule has 8 heteroatoms. The second-order valence-electron chi connectivity index (χ2n) is 2.28. The first-order valence-corrected chi connectivity index (χ1v) is 3.62. The third kappa shape index (κ3) is 1.72. The van der Waals surface area contributed by atoms with Crippen molar-refractivity contribution in [3.05, 3.63) is 38.3 Å². The minimum Gasteiger partial charge on any atom is -0.617 e. The second kappa shape index (κ2) is 3.46. The SMILES string of the molecule is O=C(O)c1cc([N+](=O)[O-])cc(Cl)[n+]1[O-]. The van der Waals surface area contributed by atoms with E-state index >= 15 is 0 Å². The van der Waals surface area contributed by atoms with Gasteiger partial charge in [-0.2, -0.15) is 0 Å². The van der Waals surface area contributed by atoms with E-state index in [2.05, 4.69) is 0 Å². The Balaban J connectivity index is 3.43. The average molecular weight is 219 g/mol. The number of rotatable bonds is 2. The molecule has 74 valence electrons. The largest absolute Gasteiger partial charge is 0.617 e. The first-order chi connectivity index (χ1) is 6.43. The van der Waals surface area contributed by atoms with Crippen LogP contribution in [-0.2, 0) is 0 Å². The van der Waals surface area contributed by atoms with Gasteiger partial charge in [-0.3, -0.25) is 10.1 Å². The van der Waals surface area contributed by atoms with Crippen molar-refractivity contribution < 1.29 is 19.6 Å². The van der Waals surface area contributed by atoms with E-state index in [9.17, 15) is 20.1 Å². The van der Waals surface area contributed by atoms with Crippen molar-refractivity contribution in [3.63, 3.8) is 0 Å². The molecule has 0 atom stereocenters. The molecule has 0 aliphatic heterocycles.